The minimum atomic E-state index is -0.0971. The van der Waals surface area contributed by atoms with Crippen molar-refractivity contribution in [1.82, 2.24) is 15.5 Å². The lowest BCUT2D eigenvalue weighted by Gasteiger charge is -2.32. The molecule has 2 rings (SSSR count). The van der Waals surface area contributed by atoms with E-state index in [2.05, 4.69) is 16.0 Å². The molecular formula is C18H27ClN4O2. The first-order chi connectivity index (χ1) is 12.1. The summed E-state index contributed by atoms with van der Waals surface area (Å²) >= 11 is 5.93. The molecule has 0 radical (unpaired) electrons. The highest BCUT2D eigenvalue weighted by atomic mass is 35.5. The number of anilines is 1. The number of carbonyl (C=O) groups is 2. The number of amides is 4. The fourth-order valence-corrected chi connectivity index (χ4v) is 3.07. The normalized spacial score (nSPS) is 14.9. The Morgan fingerprint density at radius 3 is 2.60 bits per heavy atom. The predicted molar refractivity (Wildman–Crippen MR) is 101 cm³/mol. The fraction of sp³-hybridized carbons (Fsp3) is 0.556. The molecule has 1 aliphatic heterocycles. The van der Waals surface area contributed by atoms with Crippen molar-refractivity contribution in [2.75, 3.05) is 31.5 Å². The summed E-state index contributed by atoms with van der Waals surface area (Å²) in [6, 6.07) is 6.97. The number of nitrogens with zero attached hydrogens (tertiary/aromatic N) is 1. The van der Waals surface area contributed by atoms with Crippen LogP contribution in [0, 0.1) is 5.92 Å². The molecule has 138 valence electrons. The van der Waals surface area contributed by atoms with Gasteiger partial charge in [-0.15, -0.1) is 0 Å². The van der Waals surface area contributed by atoms with Crippen molar-refractivity contribution >= 4 is 29.4 Å². The summed E-state index contributed by atoms with van der Waals surface area (Å²) in [6.07, 6.45) is 3.80. The first kappa shape index (κ1) is 19.4. The van der Waals surface area contributed by atoms with Crippen LogP contribution in [-0.4, -0.2) is 43.1 Å². The number of hydrogen-bond donors (Lipinski definition) is 3. The molecule has 1 saturated heterocycles. The SMILES string of the molecule is CCCNC(=O)NCCC1CCN(C(=O)Nc2cccc(Cl)c2)CC1. The van der Waals surface area contributed by atoms with Crippen molar-refractivity contribution in [3.63, 3.8) is 0 Å². The second-order valence-electron chi connectivity index (χ2n) is 6.34. The van der Waals surface area contributed by atoms with Crippen LogP contribution in [0.2, 0.25) is 5.02 Å². The number of halogens is 1. The predicted octanol–water partition coefficient (Wildman–Crippen LogP) is 3.68. The highest BCUT2D eigenvalue weighted by molar-refractivity contribution is 6.30. The Morgan fingerprint density at radius 1 is 1.20 bits per heavy atom. The maximum absolute atomic E-state index is 12.3. The van der Waals surface area contributed by atoms with E-state index in [1.54, 1.807) is 12.1 Å². The molecule has 25 heavy (non-hydrogen) atoms. The van der Waals surface area contributed by atoms with E-state index in [1.807, 2.05) is 24.0 Å². The molecule has 1 aromatic rings. The van der Waals surface area contributed by atoms with Gasteiger partial charge in [-0.25, -0.2) is 9.59 Å². The molecule has 3 N–H and O–H groups in total. The molecule has 0 unspecified atom stereocenters. The number of carbonyl (C=O) groups excluding carboxylic acids is 2. The maximum Gasteiger partial charge on any atom is 0.321 e. The van der Waals surface area contributed by atoms with E-state index in [4.69, 9.17) is 11.6 Å². The molecule has 6 nitrogen and oxygen atoms in total. The minimum Gasteiger partial charge on any atom is -0.338 e. The van der Waals surface area contributed by atoms with E-state index in [-0.39, 0.29) is 12.1 Å². The third kappa shape index (κ3) is 6.82. The molecule has 0 atom stereocenters. The van der Waals surface area contributed by atoms with Gasteiger partial charge < -0.3 is 20.9 Å². The standard InChI is InChI=1S/C18H27ClN4O2/c1-2-9-20-17(24)21-10-6-14-7-11-23(12-8-14)18(25)22-16-5-3-4-15(19)13-16/h3-5,13-14H,2,6-12H2,1H3,(H,22,25)(H2,20,21,24). The van der Waals surface area contributed by atoms with Gasteiger partial charge in [-0.1, -0.05) is 24.6 Å². The van der Waals surface area contributed by atoms with E-state index < -0.39 is 0 Å². The number of nitrogens with one attached hydrogen (secondary N) is 3. The van der Waals surface area contributed by atoms with Crippen molar-refractivity contribution in [1.29, 1.82) is 0 Å². The Labute approximate surface area is 154 Å². The number of rotatable bonds is 6. The van der Waals surface area contributed by atoms with Crippen molar-refractivity contribution in [3.05, 3.63) is 29.3 Å². The Bertz CT molecular complexity index is 574. The summed E-state index contributed by atoms with van der Waals surface area (Å²) in [5.74, 6) is 0.543. The highest BCUT2D eigenvalue weighted by Crippen LogP contribution is 2.21. The van der Waals surface area contributed by atoms with E-state index in [0.717, 1.165) is 38.8 Å². The molecule has 1 aromatic carbocycles. The molecular weight excluding hydrogens is 340 g/mol. The quantitative estimate of drug-likeness (QED) is 0.718. The van der Waals surface area contributed by atoms with Gasteiger partial charge in [0.15, 0.2) is 0 Å². The van der Waals surface area contributed by atoms with Crippen LogP contribution in [0.15, 0.2) is 24.3 Å². The Balaban J connectivity index is 1.65. The molecule has 1 heterocycles. The number of hydrogen-bond acceptors (Lipinski definition) is 2. The third-order valence-electron chi connectivity index (χ3n) is 4.35. The third-order valence-corrected chi connectivity index (χ3v) is 4.59. The van der Waals surface area contributed by atoms with Gasteiger partial charge in [0.1, 0.15) is 0 Å². The molecule has 0 saturated carbocycles. The molecule has 1 fully saturated rings. The zero-order valence-corrected chi connectivity index (χ0v) is 15.4. The van der Waals surface area contributed by atoms with Crippen molar-refractivity contribution in [2.45, 2.75) is 32.6 Å². The van der Waals surface area contributed by atoms with Gasteiger partial charge in [-0.2, -0.15) is 0 Å². The summed E-state index contributed by atoms with van der Waals surface area (Å²) in [4.78, 5) is 25.6. The number of urea groups is 2. The van der Waals surface area contributed by atoms with E-state index in [0.29, 0.717) is 29.7 Å². The first-order valence-electron chi connectivity index (χ1n) is 8.91. The van der Waals surface area contributed by atoms with E-state index >= 15 is 0 Å². The molecule has 0 aliphatic carbocycles. The zero-order valence-electron chi connectivity index (χ0n) is 14.7. The van der Waals surface area contributed by atoms with Crippen LogP contribution in [0.5, 0.6) is 0 Å². The number of piperidine rings is 1. The monoisotopic (exact) mass is 366 g/mol. The van der Waals surface area contributed by atoms with Crippen molar-refractivity contribution in [2.24, 2.45) is 5.92 Å². The molecule has 1 aliphatic rings. The number of benzene rings is 1. The smallest absolute Gasteiger partial charge is 0.321 e. The van der Waals surface area contributed by atoms with E-state index in [9.17, 15) is 9.59 Å². The first-order valence-corrected chi connectivity index (χ1v) is 9.29. The summed E-state index contributed by atoms with van der Waals surface area (Å²) in [5.41, 5.74) is 0.710. The van der Waals surface area contributed by atoms with Gasteiger partial charge in [-0.3, -0.25) is 0 Å². The van der Waals surface area contributed by atoms with Gasteiger partial charge in [0.05, 0.1) is 0 Å². The lowest BCUT2D eigenvalue weighted by atomic mass is 9.94. The Hall–Kier alpha value is -1.95. The maximum atomic E-state index is 12.3. The molecule has 0 spiro atoms. The second-order valence-corrected chi connectivity index (χ2v) is 6.78. The highest BCUT2D eigenvalue weighted by Gasteiger charge is 2.22. The van der Waals surface area contributed by atoms with Crippen LogP contribution >= 0.6 is 11.6 Å². The van der Waals surface area contributed by atoms with E-state index in [1.165, 1.54) is 0 Å². The van der Waals surface area contributed by atoms with Crippen molar-refractivity contribution in [3.8, 4) is 0 Å². The molecule has 4 amide bonds. The summed E-state index contributed by atoms with van der Waals surface area (Å²) < 4.78 is 0. The van der Waals surface area contributed by atoms with Gasteiger partial charge in [0.25, 0.3) is 0 Å². The van der Waals surface area contributed by atoms with Crippen LogP contribution in [0.4, 0.5) is 15.3 Å². The lowest BCUT2D eigenvalue weighted by molar-refractivity contribution is 0.179. The Morgan fingerprint density at radius 2 is 1.92 bits per heavy atom. The fourth-order valence-electron chi connectivity index (χ4n) is 2.88. The summed E-state index contributed by atoms with van der Waals surface area (Å²) in [7, 11) is 0. The largest absolute Gasteiger partial charge is 0.338 e. The average Bonchev–Trinajstić information content (AvgIpc) is 2.60. The zero-order chi connectivity index (χ0) is 18.1. The van der Waals surface area contributed by atoms with Crippen LogP contribution in [0.25, 0.3) is 0 Å². The van der Waals surface area contributed by atoms with Crippen LogP contribution < -0.4 is 16.0 Å². The van der Waals surface area contributed by atoms with Crippen LogP contribution in [0.3, 0.4) is 0 Å². The van der Waals surface area contributed by atoms with Gasteiger partial charge in [0.2, 0.25) is 0 Å². The average molecular weight is 367 g/mol. The molecule has 0 aromatic heterocycles. The Kier molecular flexibility index (Phi) is 7.85. The molecule has 7 heteroatoms. The van der Waals surface area contributed by atoms with Gasteiger partial charge in [-0.05, 0) is 49.8 Å². The minimum absolute atomic E-state index is 0.0854. The number of likely N-dealkylation sites (tertiary alicyclic amines) is 1. The lowest BCUT2D eigenvalue weighted by Crippen LogP contribution is -2.42. The summed E-state index contributed by atoms with van der Waals surface area (Å²) in [6.45, 7) is 4.87. The van der Waals surface area contributed by atoms with Crippen LogP contribution in [0.1, 0.15) is 32.6 Å². The van der Waals surface area contributed by atoms with Crippen molar-refractivity contribution < 1.29 is 9.59 Å². The second kappa shape index (κ2) is 10.1. The van der Waals surface area contributed by atoms with Gasteiger partial charge in [0, 0.05) is 36.9 Å². The topological polar surface area (TPSA) is 73.5 Å². The van der Waals surface area contributed by atoms with Gasteiger partial charge >= 0.3 is 12.1 Å². The van der Waals surface area contributed by atoms with Crippen LogP contribution in [-0.2, 0) is 0 Å². The summed E-state index contributed by atoms with van der Waals surface area (Å²) in [5, 5.41) is 9.17. The molecule has 0 bridgehead atoms.